The molecule has 2 rings (SSSR count). The number of ether oxygens (including phenoxy) is 3. The van der Waals surface area contributed by atoms with Gasteiger partial charge in [0, 0.05) is 13.1 Å². The zero-order valence-corrected chi connectivity index (χ0v) is 9.42. The summed E-state index contributed by atoms with van der Waals surface area (Å²) in [7, 11) is 0. The Labute approximate surface area is 102 Å². The molecule has 1 aliphatic heterocycles. The van der Waals surface area contributed by atoms with E-state index >= 15 is 0 Å². The molecule has 100 valence electrons. The van der Waals surface area contributed by atoms with E-state index in [2.05, 4.69) is 10.1 Å². The molecule has 0 radical (unpaired) electrons. The molecule has 0 atom stereocenters. The third-order valence-corrected chi connectivity index (χ3v) is 2.31. The first-order valence-corrected chi connectivity index (χ1v) is 5.34. The van der Waals surface area contributed by atoms with Crippen molar-refractivity contribution in [3.63, 3.8) is 0 Å². The third kappa shape index (κ3) is 3.78. The van der Waals surface area contributed by atoms with E-state index in [4.69, 9.17) is 9.47 Å². The van der Waals surface area contributed by atoms with Crippen LogP contribution < -0.4 is 14.8 Å². The summed E-state index contributed by atoms with van der Waals surface area (Å²) in [5, 5.41) is 2.84. The van der Waals surface area contributed by atoms with Gasteiger partial charge in [-0.15, -0.1) is 13.2 Å². The van der Waals surface area contributed by atoms with Gasteiger partial charge < -0.3 is 14.8 Å². The van der Waals surface area contributed by atoms with Crippen molar-refractivity contribution in [2.75, 3.05) is 19.9 Å². The van der Waals surface area contributed by atoms with Crippen LogP contribution >= 0.6 is 0 Å². The Morgan fingerprint density at radius 1 is 1.22 bits per heavy atom. The molecule has 1 aromatic carbocycles. The van der Waals surface area contributed by atoms with Gasteiger partial charge in [0.1, 0.15) is 0 Å². The molecular weight excluding hydrogens is 251 g/mol. The van der Waals surface area contributed by atoms with E-state index in [9.17, 15) is 13.2 Å². The van der Waals surface area contributed by atoms with Crippen molar-refractivity contribution < 1.29 is 27.4 Å². The SMILES string of the molecule is FC(F)(F)OCCNCc1ccc2c(c1)OCO2. The smallest absolute Gasteiger partial charge is 0.454 e. The van der Waals surface area contributed by atoms with E-state index in [-0.39, 0.29) is 13.3 Å². The highest BCUT2D eigenvalue weighted by Crippen LogP contribution is 2.32. The molecule has 1 aliphatic rings. The quantitative estimate of drug-likeness (QED) is 0.825. The van der Waals surface area contributed by atoms with Crippen LogP contribution in [0.5, 0.6) is 11.5 Å². The molecule has 0 saturated heterocycles. The van der Waals surface area contributed by atoms with Crippen LogP contribution in [0.2, 0.25) is 0 Å². The normalized spacial score (nSPS) is 13.9. The zero-order valence-electron chi connectivity index (χ0n) is 9.42. The van der Waals surface area contributed by atoms with Crippen LogP contribution in [-0.2, 0) is 11.3 Å². The summed E-state index contributed by atoms with van der Waals surface area (Å²) in [6, 6.07) is 5.39. The summed E-state index contributed by atoms with van der Waals surface area (Å²) in [4.78, 5) is 0. The fourth-order valence-corrected chi connectivity index (χ4v) is 1.52. The predicted molar refractivity (Wildman–Crippen MR) is 56.3 cm³/mol. The van der Waals surface area contributed by atoms with Gasteiger partial charge >= 0.3 is 6.36 Å². The van der Waals surface area contributed by atoms with Crippen molar-refractivity contribution in [2.24, 2.45) is 0 Å². The third-order valence-electron chi connectivity index (χ3n) is 2.31. The van der Waals surface area contributed by atoms with Gasteiger partial charge in [-0.2, -0.15) is 0 Å². The first-order chi connectivity index (χ1) is 8.54. The highest BCUT2D eigenvalue weighted by atomic mass is 19.4. The van der Waals surface area contributed by atoms with Crippen molar-refractivity contribution in [1.29, 1.82) is 0 Å². The van der Waals surface area contributed by atoms with Crippen LogP contribution in [0, 0.1) is 0 Å². The molecular formula is C11H12F3NO3. The van der Waals surface area contributed by atoms with Gasteiger partial charge in [0.15, 0.2) is 11.5 Å². The van der Waals surface area contributed by atoms with E-state index in [1.165, 1.54) is 0 Å². The van der Waals surface area contributed by atoms with Gasteiger partial charge in [0.05, 0.1) is 6.61 Å². The van der Waals surface area contributed by atoms with Crippen LogP contribution in [0.25, 0.3) is 0 Å². The average Bonchev–Trinajstić information content (AvgIpc) is 2.74. The second kappa shape index (κ2) is 5.45. The predicted octanol–water partition coefficient (Wildman–Crippen LogP) is 2.04. The number of hydrogen-bond donors (Lipinski definition) is 1. The molecule has 0 aromatic heterocycles. The Bertz CT molecular complexity index is 409. The van der Waals surface area contributed by atoms with E-state index in [1.54, 1.807) is 12.1 Å². The van der Waals surface area contributed by atoms with E-state index in [1.807, 2.05) is 6.07 Å². The number of halogens is 3. The maximum atomic E-state index is 11.7. The highest BCUT2D eigenvalue weighted by Gasteiger charge is 2.28. The molecule has 1 aromatic rings. The Hall–Kier alpha value is -1.47. The van der Waals surface area contributed by atoms with Crippen molar-refractivity contribution in [3.8, 4) is 11.5 Å². The van der Waals surface area contributed by atoms with Crippen LogP contribution in [0.3, 0.4) is 0 Å². The fourth-order valence-electron chi connectivity index (χ4n) is 1.52. The summed E-state index contributed by atoms with van der Waals surface area (Å²) in [6.07, 6.45) is -4.57. The molecule has 0 unspecified atom stereocenters. The van der Waals surface area contributed by atoms with E-state index in [0.717, 1.165) is 5.56 Å². The van der Waals surface area contributed by atoms with E-state index < -0.39 is 13.0 Å². The molecule has 7 heteroatoms. The summed E-state index contributed by atoms with van der Waals surface area (Å²) >= 11 is 0. The first-order valence-electron chi connectivity index (χ1n) is 5.34. The fraction of sp³-hybridized carbons (Fsp3) is 0.455. The molecule has 0 saturated carbocycles. The Kier molecular flexibility index (Phi) is 3.93. The summed E-state index contributed by atoms with van der Waals surface area (Å²) in [5.74, 6) is 1.33. The Balaban J connectivity index is 1.71. The molecule has 0 fully saturated rings. The maximum Gasteiger partial charge on any atom is 0.522 e. The van der Waals surface area contributed by atoms with Crippen LogP contribution in [-0.4, -0.2) is 26.3 Å². The van der Waals surface area contributed by atoms with Crippen molar-refractivity contribution >= 4 is 0 Å². The van der Waals surface area contributed by atoms with Crippen molar-refractivity contribution in [1.82, 2.24) is 5.32 Å². The molecule has 1 heterocycles. The second-order valence-corrected chi connectivity index (χ2v) is 3.66. The van der Waals surface area contributed by atoms with Crippen molar-refractivity contribution in [3.05, 3.63) is 23.8 Å². The lowest BCUT2D eigenvalue weighted by atomic mass is 10.2. The lowest BCUT2D eigenvalue weighted by Crippen LogP contribution is -2.23. The molecule has 0 amide bonds. The molecule has 0 aliphatic carbocycles. The number of fused-ring (bicyclic) bond motifs is 1. The Morgan fingerprint density at radius 3 is 2.78 bits per heavy atom. The largest absolute Gasteiger partial charge is 0.522 e. The summed E-state index contributed by atoms with van der Waals surface area (Å²) in [6.45, 7) is 0.353. The molecule has 1 N–H and O–H groups in total. The van der Waals surface area contributed by atoms with Crippen LogP contribution in [0.1, 0.15) is 5.56 Å². The van der Waals surface area contributed by atoms with Gasteiger partial charge in [-0.25, -0.2) is 0 Å². The van der Waals surface area contributed by atoms with Gasteiger partial charge in [0.25, 0.3) is 0 Å². The number of rotatable bonds is 5. The minimum Gasteiger partial charge on any atom is -0.454 e. The number of hydrogen-bond acceptors (Lipinski definition) is 4. The van der Waals surface area contributed by atoms with Crippen LogP contribution in [0.4, 0.5) is 13.2 Å². The highest BCUT2D eigenvalue weighted by molar-refractivity contribution is 5.44. The van der Waals surface area contributed by atoms with Gasteiger partial charge in [-0.1, -0.05) is 6.07 Å². The van der Waals surface area contributed by atoms with Crippen molar-refractivity contribution in [2.45, 2.75) is 12.9 Å². The number of alkyl halides is 3. The zero-order chi connectivity index (χ0) is 13.0. The lowest BCUT2D eigenvalue weighted by molar-refractivity contribution is -0.323. The second-order valence-electron chi connectivity index (χ2n) is 3.66. The van der Waals surface area contributed by atoms with Gasteiger partial charge in [-0.05, 0) is 17.7 Å². The van der Waals surface area contributed by atoms with Gasteiger partial charge in [-0.3, -0.25) is 4.74 Å². The van der Waals surface area contributed by atoms with Crippen LogP contribution in [0.15, 0.2) is 18.2 Å². The average molecular weight is 263 g/mol. The summed E-state index contributed by atoms with van der Waals surface area (Å²) in [5.41, 5.74) is 0.909. The lowest BCUT2D eigenvalue weighted by Gasteiger charge is -2.08. The molecule has 0 spiro atoms. The Morgan fingerprint density at radius 2 is 2.00 bits per heavy atom. The molecule has 4 nitrogen and oxygen atoms in total. The monoisotopic (exact) mass is 263 g/mol. The molecule has 0 bridgehead atoms. The minimum atomic E-state index is -4.57. The standard InChI is InChI=1S/C11H12F3NO3/c12-11(13,14)18-4-3-15-6-8-1-2-9-10(5-8)17-7-16-9/h1-2,5,15H,3-4,6-7H2. The summed E-state index contributed by atoms with van der Waals surface area (Å²) < 4.78 is 49.0. The number of nitrogens with one attached hydrogen (secondary N) is 1. The minimum absolute atomic E-state index is 0.119. The topological polar surface area (TPSA) is 39.7 Å². The maximum absolute atomic E-state index is 11.7. The van der Waals surface area contributed by atoms with E-state index in [0.29, 0.717) is 18.0 Å². The first kappa shape index (κ1) is 13.0. The van der Waals surface area contributed by atoms with Gasteiger partial charge in [0.2, 0.25) is 6.79 Å². The molecule has 18 heavy (non-hydrogen) atoms. The number of benzene rings is 1.